The van der Waals surface area contributed by atoms with Crippen LogP contribution in [-0.2, 0) is 9.53 Å². The average molecular weight is 495 g/mol. The molecule has 4 rings (SSSR count). The lowest BCUT2D eigenvalue weighted by molar-refractivity contribution is -0.139. The van der Waals surface area contributed by atoms with Crippen LogP contribution in [0.1, 0.15) is 18.5 Å². The van der Waals surface area contributed by atoms with Crippen LogP contribution in [0, 0.1) is 0 Å². The minimum atomic E-state index is -0.661. The molecule has 182 valence electrons. The van der Waals surface area contributed by atoms with Crippen LogP contribution in [0.5, 0.6) is 11.5 Å². The van der Waals surface area contributed by atoms with Crippen molar-refractivity contribution in [3.8, 4) is 17.2 Å². The normalized spacial score (nSPS) is 15.3. The molecule has 0 saturated carbocycles. The number of hydrogen-bond acceptors (Lipinski definition) is 7. The first-order chi connectivity index (χ1) is 17.0. The van der Waals surface area contributed by atoms with Gasteiger partial charge < -0.3 is 24.8 Å². The maximum atomic E-state index is 13.0. The third kappa shape index (κ3) is 5.43. The molecule has 9 nitrogen and oxygen atoms in total. The van der Waals surface area contributed by atoms with E-state index in [1.54, 1.807) is 39.5 Å². The van der Waals surface area contributed by atoms with Gasteiger partial charge in [0, 0.05) is 29.5 Å². The van der Waals surface area contributed by atoms with Gasteiger partial charge in [0.2, 0.25) is 0 Å². The number of methoxy groups -OCH3 is 2. The Morgan fingerprint density at radius 1 is 1.06 bits per heavy atom. The summed E-state index contributed by atoms with van der Waals surface area (Å²) in [6.45, 7) is 1.96. The van der Waals surface area contributed by atoms with Gasteiger partial charge in [-0.15, -0.1) is 0 Å². The number of nitrogens with zero attached hydrogens (tertiary/aromatic N) is 2. The van der Waals surface area contributed by atoms with E-state index in [1.807, 2.05) is 47.2 Å². The summed E-state index contributed by atoms with van der Waals surface area (Å²) < 4.78 is 17.7. The van der Waals surface area contributed by atoms with E-state index in [0.717, 1.165) is 17.0 Å². The van der Waals surface area contributed by atoms with Crippen molar-refractivity contribution in [3.63, 3.8) is 0 Å². The molecule has 0 fully saturated rings. The highest BCUT2D eigenvalue weighted by Crippen LogP contribution is 2.32. The van der Waals surface area contributed by atoms with Crippen molar-refractivity contribution >= 4 is 23.8 Å². The largest absolute Gasteiger partial charge is 0.497 e. The van der Waals surface area contributed by atoms with Crippen LogP contribution in [-0.4, -0.2) is 48.1 Å². The maximum Gasteiger partial charge on any atom is 0.338 e. The van der Waals surface area contributed by atoms with E-state index >= 15 is 0 Å². The van der Waals surface area contributed by atoms with Gasteiger partial charge in [-0.05, 0) is 48.9 Å². The Kier molecular flexibility index (Phi) is 7.61. The van der Waals surface area contributed by atoms with Crippen molar-refractivity contribution in [2.45, 2.75) is 18.1 Å². The first-order valence-electron chi connectivity index (χ1n) is 11.0. The summed E-state index contributed by atoms with van der Waals surface area (Å²) in [5.41, 5.74) is 2.48. The van der Waals surface area contributed by atoms with E-state index in [-0.39, 0.29) is 6.61 Å². The Morgan fingerprint density at radius 3 is 2.34 bits per heavy atom. The smallest absolute Gasteiger partial charge is 0.338 e. The number of carbonyl (C=O) groups is 2. The molecule has 35 heavy (non-hydrogen) atoms. The number of urea groups is 1. The highest BCUT2D eigenvalue weighted by Gasteiger charge is 2.33. The second-order valence-electron chi connectivity index (χ2n) is 7.48. The number of esters is 1. The molecule has 3 aromatic rings. The quantitative estimate of drug-likeness (QED) is 0.344. The Bertz CT molecular complexity index is 1220. The van der Waals surface area contributed by atoms with Gasteiger partial charge in [0.1, 0.15) is 11.5 Å². The summed E-state index contributed by atoms with van der Waals surface area (Å²) in [5, 5.41) is 6.34. The molecule has 0 saturated heterocycles. The monoisotopic (exact) mass is 494 g/mol. The molecule has 2 heterocycles. The van der Waals surface area contributed by atoms with Gasteiger partial charge in [0.05, 0.1) is 32.4 Å². The van der Waals surface area contributed by atoms with Gasteiger partial charge in [-0.25, -0.2) is 14.6 Å². The Balaban J connectivity index is 1.64. The highest BCUT2D eigenvalue weighted by atomic mass is 32.2. The first-order valence-corrected chi connectivity index (χ1v) is 11.9. The Morgan fingerprint density at radius 2 is 1.71 bits per heavy atom. The molecule has 0 radical (unpaired) electrons. The number of rotatable bonds is 9. The SMILES string of the molecule is CCOC(=O)C1=C(CSc2nccn2-c2ccc(OC)cc2)NC(=O)NC1c1ccc(OC)cc1. The summed E-state index contributed by atoms with van der Waals surface area (Å²) in [7, 11) is 3.20. The van der Waals surface area contributed by atoms with Crippen molar-refractivity contribution in [1.29, 1.82) is 0 Å². The lowest BCUT2D eigenvalue weighted by atomic mass is 9.95. The van der Waals surface area contributed by atoms with Crippen molar-refractivity contribution in [3.05, 3.63) is 77.8 Å². The van der Waals surface area contributed by atoms with Gasteiger partial charge in [-0.2, -0.15) is 0 Å². The molecule has 10 heteroatoms. The lowest BCUT2D eigenvalue weighted by Crippen LogP contribution is -2.46. The molecule has 0 bridgehead atoms. The van der Waals surface area contributed by atoms with Crippen LogP contribution in [0.2, 0.25) is 0 Å². The molecular weight excluding hydrogens is 468 g/mol. The second-order valence-corrected chi connectivity index (χ2v) is 8.43. The van der Waals surface area contributed by atoms with E-state index in [1.165, 1.54) is 11.8 Å². The molecule has 2 amide bonds. The summed E-state index contributed by atoms with van der Waals surface area (Å²) in [6, 6.07) is 13.7. The summed E-state index contributed by atoms with van der Waals surface area (Å²) in [4.78, 5) is 30.0. The molecule has 1 atom stereocenters. The minimum absolute atomic E-state index is 0.216. The van der Waals surface area contributed by atoms with Crippen molar-refractivity contribution in [1.82, 2.24) is 20.2 Å². The molecule has 1 aliphatic rings. The summed E-state index contributed by atoms with van der Waals surface area (Å²) >= 11 is 1.40. The summed E-state index contributed by atoms with van der Waals surface area (Å²) in [5.74, 6) is 1.25. The molecular formula is C25H26N4O5S. The molecule has 1 unspecified atom stereocenters. The number of aromatic nitrogens is 2. The number of ether oxygens (including phenoxy) is 3. The van der Waals surface area contributed by atoms with Crippen LogP contribution in [0.15, 0.2) is 77.4 Å². The molecule has 1 aromatic heterocycles. The number of hydrogen-bond donors (Lipinski definition) is 2. The fourth-order valence-corrected chi connectivity index (χ4v) is 4.64. The van der Waals surface area contributed by atoms with Crippen LogP contribution < -0.4 is 20.1 Å². The van der Waals surface area contributed by atoms with Crippen LogP contribution >= 0.6 is 11.8 Å². The molecule has 0 spiro atoms. The maximum absolute atomic E-state index is 13.0. The van der Waals surface area contributed by atoms with E-state index in [4.69, 9.17) is 14.2 Å². The number of carbonyl (C=O) groups excluding carboxylic acids is 2. The predicted molar refractivity (Wildman–Crippen MR) is 132 cm³/mol. The zero-order valence-electron chi connectivity index (χ0n) is 19.6. The first kappa shape index (κ1) is 24.2. The molecule has 0 aliphatic carbocycles. The number of amides is 2. The third-order valence-corrected chi connectivity index (χ3v) is 6.39. The van der Waals surface area contributed by atoms with Gasteiger partial charge in [0.25, 0.3) is 0 Å². The fourth-order valence-electron chi connectivity index (χ4n) is 3.70. The van der Waals surface area contributed by atoms with Crippen molar-refractivity contribution < 1.29 is 23.8 Å². The lowest BCUT2D eigenvalue weighted by Gasteiger charge is -2.29. The van der Waals surface area contributed by atoms with E-state index in [9.17, 15) is 9.59 Å². The predicted octanol–water partition coefficient (Wildman–Crippen LogP) is 3.85. The topological polar surface area (TPSA) is 104 Å². The number of imidazole rings is 1. The highest BCUT2D eigenvalue weighted by molar-refractivity contribution is 7.99. The number of thioether (sulfide) groups is 1. The van der Waals surface area contributed by atoms with Crippen molar-refractivity contribution in [2.75, 3.05) is 26.6 Å². The molecule has 2 aromatic carbocycles. The minimum Gasteiger partial charge on any atom is -0.497 e. The van der Waals surface area contributed by atoms with Crippen LogP contribution in [0.3, 0.4) is 0 Å². The van der Waals surface area contributed by atoms with Crippen LogP contribution in [0.4, 0.5) is 4.79 Å². The van der Waals surface area contributed by atoms with Gasteiger partial charge in [-0.1, -0.05) is 23.9 Å². The van der Waals surface area contributed by atoms with E-state index < -0.39 is 18.0 Å². The molecule has 1 aliphatic heterocycles. The van der Waals surface area contributed by atoms with Crippen LogP contribution in [0.25, 0.3) is 5.69 Å². The number of benzene rings is 2. The van der Waals surface area contributed by atoms with E-state index in [0.29, 0.717) is 27.9 Å². The zero-order valence-corrected chi connectivity index (χ0v) is 20.4. The second kappa shape index (κ2) is 11.0. The van der Waals surface area contributed by atoms with E-state index in [2.05, 4.69) is 15.6 Å². The van der Waals surface area contributed by atoms with Crippen molar-refractivity contribution in [2.24, 2.45) is 0 Å². The Labute approximate surface area is 207 Å². The average Bonchev–Trinajstić information content (AvgIpc) is 3.36. The zero-order chi connectivity index (χ0) is 24.8. The number of nitrogens with one attached hydrogen (secondary N) is 2. The summed E-state index contributed by atoms with van der Waals surface area (Å²) in [6.07, 6.45) is 3.56. The molecule has 2 N–H and O–H groups in total. The van der Waals surface area contributed by atoms with Gasteiger partial charge in [0.15, 0.2) is 5.16 Å². The third-order valence-electron chi connectivity index (χ3n) is 5.40. The van der Waals surface area contributed by atoms with Gasteiger partial charge in [-0.3, -0.25) is 4.57 Å². The standard InChI is InChI=1S/C25H26N4O5S/c1-4-34-23(30)21-20(27-24(31)28-22(21)16-5-9-18(32-2)10-6-16)15-35-25-26-13-14-29(25)17-7-11-19(33-3)12-8-17/h5-14,22H,4,15H2,1-3H3,(H2,27,28,31). The fraction of sp³-hybridized carbons (Fsp3) is 0.240. The van der Waals surface area contributed by atoms with Gasteiger partial charge >= 0.3 is 12.0 Å². The Hall–Kier alpha value is -3.92.